The minimum Gasteiger partial charge on any atom is -0.315 e. The van der Waals surface area contributed by atoms with Crippen molar-refractivity contribution in [3.05, 3.63) is 70.0 Å². The molecule has 1 aliphatic rings. The summed E-state index contributed by atoms with van der Waals surface area (Å²) in [5, 5.41) is 3.84. The topological polar surface area (TPSA) is 59.8 Å². The first kappa shape index (κ1) is 14.6. The van der Waals surface area contributed by atoms with Crippen molar-refractivity contribution < 1.29 is 0 Å². The monoisotopic (exact) mass is 316 g/mol. The van der Waals surface area contributed by atoms with Crippen molar-refractivity contribution >= 4 is 10.9 Å². The van der Waals surface area contributed by atoms with Gasteiger partial charge in [-0.2, -0.15) is 0 Å². The lowest BCUT2D eigenvalue weighted by Crippen LogP contribution is -2.43. The van der Waals surface area contributed by atoms with E-state index in [9.17, 15) is 4.79 Å². The number of hydrogen-bond donors (Lipinski definition) is 1. The molecule has 1 N–H and O–H groups in total. The van der Waals surface area contributed by atoms with E-state index in [0.29, 0.717) is 16.8 Å². The molecule has 0 atom stereocenters. The van der Waals surface area contributed by atoms with Gasteiger partial charge in [0.15, 0.2) is 0 Å². The average Bonchev–Trinajstić information content (AvgIpc) is 2.57. The van der Waals surface area contributed by atoms with Gasteiger partial charge in [0.05, 0.1) is 10.9 Å². The van der Waals surface area contributed by atoms with E-state index in [0.717, 1.165) is 30.2 Å². The Morgan fingerprint density at radius 1 is 1.21 bits per heavy atom. The van der Waals surface area contributed by atoms with E-state index in [1.54, 1.807) is 23.9 Å². The van der Waals surface area contributed by atoms with Crippen LogP contribution in [0.4, 0.5) is 0 Å². The van der Waals surface area contributed by atoms with Crippen LogP contribution in [-0.2, 0) is 7.05 Å². The Kier molecular flexibility index (Phi) is 3.60. The number of benzene rings is 1. The number of nitrogens with zero attached hydrogens (tertiary/aromatic N) is 3. The normalized spacial score (nSPS) is 14.0. The summed E-state index contributed by atoms with van der Waals surface area (Å²) < 4.78 is 1.66. The number of pyridine rings is 1. The molecule has 118 valence electrons. The smallest absolute Gasteiger partial charge is 0.261 e. The first-order chi connectivity index (χ1) is 11.7. The molecule has 0 unspecified atom stereocenters. The summed E-state index contributed by atoms with van der Waals surface area (Å²) >= 11 is 0. The van der Waals surface area contributed by atoms with Crippen molar-refractivity contribution in [3.63, 3.8) is 0 Å². The number of hydrogen-bond acceptors (Lipinski definition) is 4. The molecule has 3 heterocycles. The maximum Gasteiger partial charge on any atom is 0.261 e. The Hall–Kier alpha value is -2.97. The molecule has 5 heteroatoms. The molecule has 0 amide bonds. The van der Waals surface area contributed by atoms with Crippen LogP contribution >= 0.6 is 0 Å². The summed E-state index contributed by atoms with van der Waals surface area (Å²) in [5.74, 6) is 7.25. The Labute approximate surface area is 139 Å². The van der Waals surface area contributed by atoms with Gasteiger partial charge in [-0.15, -0.1) is 0 Å². The summed E-state index contributed by atoms with van der Waals surface area (Å²) in [6.07, 6.45) is 1.72. The van der Waals surface area contributed by atoms with E-state index < -0.39 is 0 Å². The van der Waals surface area contributed by atoms with Gasteiger partial charge in [0.2, 0.25) is 0 Å². The number of fused-ring (bicyclic) bond motifs is 1. The molecule has 24 heavy (non-hydrogen) atoms. The fourth-order valence-corrected chi connectivity index (χ4v) is 2.78. The van der Waals surface area contributed by atoms with E-state index in [-0.39, 0.29) is 5.56 Å². The molecular formula is C19H16N4O. The molecule has 1 saturated heterocycles. The van der Waals surface area contributed by atoms with Crippen molar-refractivity contribution in [1.29, 1.82) is 0 Å². The molecule has 1 aromatic carbocycles. The Bertz CT molecular complexity index is 1020. The van der Waals surface area contributed by atoms with Crippen LogP contribution in [0.15, 0.2) is 47.4 Å². The molecule has 1 fully saturated rings. The zero-order chi connectivity index (χ0) is 16.5. The largest absolute Gasteiger partial charge is 0.315 e. The van der Waals surface area contributed by atoms with Gasteiger partial charge in [-0.25, -0.2) is 9.97 Å². The summed E-state index contributed by atoms with van der Waals surface area (Å²) in [6.45, 7) is 1.73. The minimum absolute atomic E-state index is 0.00821. The fraction of sp³-hybridized carbons (Fsp3) is 0.211. The van der Waals surface area contributed by atoms with Crippen LogP contribution in [-0.4, -0.2) is 27.6 Å². The third kappa shape index (κ3) is 2.57. The van der Waals surface area contributed by atoms with Crippen LogP contribution in [0.3, 0.4) is 0 Å². The van der Waals surface area contributed by atoms with Crippen molar-refractivity contribution in [1.82, 2.24) is 19.9 Å². The Morgan fingerprint density at radius 3 is 2.79 bits per heavy atom. The number of nitrogens with one attached hydrogen (secondary N) is 1. The van der Waals surface area contributed by atoms with Crippen LogP contribution in [0.25, 0.3) is 10.9 Å². The predicted molar refractivity (Wildman–Crippen MR) is 92.8 cm³/mol. The molecule has 0 radical (unpaired) electrons. The summed E-state index contributed by atoms with van der Waals surface area (Å²) in [4.78, 5) is 21.4. The standard InChI is InChI=1S/C19H16N4O/c1-23-18(14-11-20-12-14)22-17-10-13(6-8-16(17)19(23)24)5-7-15-4-2-3-9-21-15/h2-4,6,8-10,14,20H,11-12H2,1H3. The van der Waals surface area contributed by atoms with Crippen molar-refractivity contribution in [2.24, 2.45) is 7.05 Å². The molecule has 0 aliphatic carbocycles. The van der Waals surface area contributed by atoms with Gasteiger partial charge in [0, 0.05) is 37.8 Å². The predicted octanol–water partition coefficient (Wildman–Crippen LogP) is 1.42. The first-order valence-corrected chi connectivity index (χ1v) is 7.87. The lowest BCUT2D eigenvalue weighted by atomic mass is 10.0. The van der Waals surface area contributed by atoms with Crippen LogP contribution < -0.4 is 10.9 Å². The maximum atomic E-state index is 12.5. The Balaban J connectivity index is 1.79. The molecule has 0 spiro atoms. The molecule has 2 aromatic heterocycles. The van der Waals surface area contributed by atoms with E-state index >= 15 is 0 Å². The second-order valence-electron chi connectivity index (χ2n) is 5.89. The third-order valence-electron chi connectivity index (χ3n) is 4.26. The van der Waals surface area contributed by atoms with E-state index in [1.165, 1.54) is 0 Å². The third-order valence-corrected chi connectivity index (χ3v) is 4.26. The fourth-order valence-electron chi connectivity index (χ4n) is 2.78. The van der Waals surface area contributed by atoms with Gasteiger partial charge in [0.1, 0.15) is 11.5 Å². The van der Waals surface area contributed by atoms with Crippen molar-refractivity contribution in [3.8, 4) is 11.8 Å². The number of aromatic nitrogens is 3. The van der Waals surface area contributed by atoms with Crippen molar-refractivity contribution in [2.75, 3.05) is 13.1 Å². The second-order valence-corrected chi connectivity index (χ2v) is 5.89. The quantitative estimate of drug-likeness (QED) is 0.690. The zero-order valence-corrected chi connectivity index (χ0v) is 13.3. The minimum atomic E-state index is -0.00821. The van der Waals surface area contributed by atoms with Gasteiger partial charge in [0.25, 0.3) is 5.56 Å². The Morgan fingerprint density at radius 2 is 2.08 bits per heavy atom. The summed E-state index contributed by atoms with van der Waals surface area (Å²) in [7, 11) is 1.79. The van der Waals surface area contributed by atoms with Gasteiger partial charge >= 0.3 is 0 Å². The molecular weight excluding hydrogens is 300 g/mol. The zero-order valence-electron chi connectivity index (χ0n) is 13.3. The van der Waals surface area contributed by atoms with Gasteiger partial charge in [-0.3, -0.25) is 9.36 Å². The van der Waals surface area contributed by atoms with E-state index in [4.69, 9.17) is 4.98 Å². The van der Waals surface area contributed by atoms with E-state index in [2.05, 4.69) is 22.1 Å². The van der Waals surface area contributed by atoms with Crippen LogP contribution in [0.5, 0.6) is 0 Å². The second kappa shape index (κ2) is 5.91. The maximum absolute atomic E-state index is 12.5. The SMILES string of the molecule is Cn1c(C2CNC2)nc2cc(C#Cc3ccccn3)ccc2c1=O. The highest BCUT2D eigenvalue weighted by molar-refractivity contribution is 5.79. The van der Waals surface area contributed by atoms with Crippen LogP contribution in [0, 0.1) is 11.8 Å². The van der Waals surface area contributed by atoms with Crippen LogP contribution in [0.1, 0.15) is 23.0 Å². The number of rotatable bonds is 1. The van der Waals surface area contributed by atoms with E-state index in [1.807, 2.05) is 30.3 Å². The first-order valence-electron chi connectivity index (χ1n) is 7.87. The molecule has 3 aromatic rings. The lowest BCUT2D eigenvalue weighted by molar-refractivity contribution is 0.416. The van der Waals surface area contributed by atoms with Crippen LogP contribution in [0.2, 0.25) is 0 Å². The van der Waals surface area contributed by atoms with Crippen molar-refractivity contribution in [2.45, 2.75) is 5.92 Å². The molecule has 0 bridgehead atoms. The van der Waals surface area contributed by atoms with Gasteiger partial charge in [-0.1, -0.05) is 12.0 Å². The molecule has 5 nitrogen and oxygen atoms in total. The molecule has 0 saturated carbocycles. The highest BCUT2D eigenvalue weighted by atomic mass is 16.1. The van der Waals surface area contributed by atoms with Gasteiger partial charge < -0.3 is 5.32 Å². The summed E-state index contributed by atoms with van der Waals surface area (Å²) in [5.41, 5.74) is 2.24. The highest BCUT2D eigenvalue weighted by Gasteiger charge is 2.24. The lowest BCUT2D eigenvalue weighted by Gasteiger charge is -2.27. The average molecular weight is 316 g/mol. The molecule has 1 aliphatic heterocycles. The summed E-state index contributed by atoms with van der Waals surface area (Å²) in [6, 6.07) is 11.2. The highest BCUT2D eigenvalue weighted by Crippen LogP contribution is 2.19. The molecule has 4 rings (SSSR count). The van der Waals surface area contributed by atoms with Gasteiger partial charge in [-0.05, 0) is 36.3 Å².